The molecule has 0 fully saturated rings. The Bertz CT molecular complexity index is 812. The van der Waals surface area contributed by atoms with Crippen LogP contribution in [0.5, 0.6) is 5.75 Å². The second-order valence-electron chi connectivity index (χ2n) is 5.55. The average Bonchev–Trinajstić information content (AvgIpc) is 2.99. The maximum Gasteiger partial charge on any atom is 0.231 e. The van der Waals surface area contributed by atoms with Crippen LogP contribution in [0.25, 0.3) is 0 Å². The van der Waals surface area contributed by atoms with E-state index in [9.17, 15) is 0 Å². The van der Waals surface area contributed by atoms with Gasteiger partial charge in [-0.3, -0.25) is 4.98 Å². The second kappa shape index (κ2) is 6.60. The molecule has 5 nitrogen and oxygen atoms in total. The normalized spacial score (nSPS) is 10.7. The van der Waals surface area contributed by atoms with Crippen LogP contribution in [0.3, 0.4) is 0 Å². The van der Waals surface area contributed by atoms with Gasteiger partial charge in [-0.2, -0.15) is 4.98 Å². The van der Waals surface area contributed by atoms with E-state index in [0.717, 1.165) is 22.4 Å². The maximum atomic E-state index is 5.38. The number of hydrogen-bond acceptors (Lipinski definition) is 5. The number of methoxy groups -OCH3 is 1. The lowest BCUT2D eigenvalue weighted by Gasteiger charge is -2.05. The highest BCUT2D eigenvalue weighted by atomic mass is 16.5. The third kappa shape index (κ3) is 3.56. The summed E-state index contributed by atoms with van der Waals surface area (Å²) in [5.41, 5.74) is 4.59. The molecule has 0 atom stereocenters. The van der Waals surface area contributed by atoms with E-state index < -0.39 is 0 Å². The van der Waals surface area contributed by atoms with Crippen molar-refractivity contribution in [3.05, 3.63) is 70.6 Å². The van der Waals surface area contributed by atoms with Crippen LogP contribution >= 0.6 is 0 Å². The summed E-state index contributed by atoms with van der Waals surface area (Å²) in [6.07, 6.45) is 4.88. The molecule has 0 saturated carbocycles. The van der Waals surface area contributed by atoms with Gasteiger partial charge in [0.25, 0.3) is 0 Å². The van der Waals surface area contributed by atoms with Crippen LogP contribution in [-0.2, 0) is 12.8 Å². The van der Waals surface area contributed by atoms with Crippen molar-refractivity contribution in [1.29, 1.82) is 0 Å². The number of nitrogens with zero attached hydrogens (tertiary/aromatic N) is 3. The minimum Gasteiger partial charge on any atom is -0.497 e. The molecule has 0 radical (unpaired) electrons. The van der Waals surface area contributed by atoms with Crippen molar-refractivity contribution in [2.45, 2.75) is 26.7 Å². The van der Waals surface area contributed by atoms with Crippen molar-refractivity contribution in [2.75, 3.05) is 7.11 Å². The molecule has 0 aliphatic heterocycles. The van der Waals surface area contributed by atoms with E-state index in [1.54, 1.807) is 13.3 Å². The molecule has 23 heavy (non-hydrogen) atoms. The Hall–Kier alpha value is -2.69. The molecule has 118 valence electrons. The molecule has 0 bridgehead atoms. The zero-order chi connectivity index (χ0) is 16.2. The SMILES string of the molecule is COc1ccc(Cc2nc(Cc3cnccc3C)no2)c(C)c1. The number of aromatic nitrogens is 3. The third-order valence-corrected chi connectivity index (χ3v) is 3.90. The molecule has 5 heteroatoms. The van der Waals surface area contributed by atoms with E-state index in [0.29, 0.717) is 24.6 Å². The third-order valence-electron chi connectivity index (χ3n) is 3.90. The topological polar surface area (TPSA) is 61.0 Å². The average molecular weight is 309 g/mol. The summed E-state index contributed by atoms with van der Waals surface area (Å²) >= 11 is 0. The van der Waals surface area contributed by atoms with Gasteiger partial charge < -0.3 is 9.26 Å². The highest BCUT2D eigenvalue weighted by molar-refractivity contribution is 5.36. The van der Waals surface area contributed by atoms with Crippen LogP contribution in [-0.4, -0.2) is 22.2 Å². The molecule has 0 aliphatic carbocycles. The van der Waals surface area contributed by atoms with Crippen molar-refractivity contribution < 1.29 is 9.26 Å². The monoisotopic (exact) mass is 309 g/mol. The number of hydrogen-bond donors (Lipinski definition) is 0. The fourth-order valence-electron chi connectivity index (χ4n) is 2.44. The van der Waals surface area contributed by atoms with Crippen molar-refractivity contribution in [3.8, 4) is 5.75 Å². The summed E-state index contributed by atoms with van der Waals surface area (Å²) in [6.45, 7) is 4.10. The van der Waals surface area contributed by atoms with Gasteiger partial charge in [-0.1, -0.05) is 11.2 Å². The van der Waals surface area contributed by atoms with E-state index in [1.807, 2.05) is 37.4 Å². The summed E-state index contributed by atoms with van der Waals surface area (Å²) in [7, 11) is 1.67. The molecular weight excluding hydrogens is 290 g/mol. The highest BCUT2D eigenvalue weighted by Crippen LogP contribution is 2.19. The van der Waals surface area contributed by atoms with E-state index in [-0.39, 0.29) is 0 Å². The molecule has 3 aromatic rings. The summed E-state index contributed by atoms with van der Waals surface area (Å²) in [5.74, 6) is 2.15. The summed E-state index contributed by atoms with van der Waals surface area (Å²) in [6, 6.07) is 7.96. The molecule has 0 spiro atoms. The molecule has 1 aromatic carbocycles. The van der Waals surface area contributed by atoms with Gasteiger partial charge in [-0.25, -0.2) is 0 Å². The first-order valence-electron chi connectivity index (χ1n) is 7.50. The van der Waals surface area contributed by atoms with Gasteiger partial charge in [0.15, 0.2) is 5.82 Å². The zero-order valence-corrected chi connectivity index (χ0v) is 13.5. The van der Waals surface area contributed by atoms with Gasteiger partial charge >= 0.3 is 0 Å². The Morgan fingerprint density at radius 3 is 2.65 bits per heavy atom. The first-order valence-corrected chi connectivity index (χ1v) is 7.50. The van der Waals surface area contributed by atoms with Crippen LogP contribution in [0.4, 0.5) is 0 Å². The first-order chi connectivity index (χ1) is 11.2. The predicted molar refractivity (Wildman–Crippen MR) is 86.6 cm³/mol. The summed E-state index contributed by atoms with van der Waals surface area (Å²) in [4.78, 5) is 8.63. The number of pyridine rings is 1. The van der Waals surface area contributed by atoms with E-state index in [1.165, 1.54) is 5.56 Å². The van der Waals surface area contributed by atoms with Crippen LogP contribution in [0.15, 0.2) is 41.2 Å². The molecule has 0 amide bonds. The van der Waals surface area contributed by atoms with Crippen molar-refractivity contribution in [2.24, 2.45) is 0 Å². The predicted octanol–water partition coefficient (Wildman–Crippen LogP) is 3.27. The largest absolute Gasteiger partial charge is 0.497 e. The number of benzene rings is 1. The maximum absolute atomic E-state index is 5.38. The van der Waals surface area contributed by atoms with Crippen LogP contribution in [0, 0.1) is 13.8 Å². The van der Waals surface area contributed by atoms with E-state index >= 15 is 0 Å². The number of aryl methyl sites for hydroxylation is 2. The van der Waals surface area contributed by atoms with Crippen LogP contribution in [0.2, 0.25) is 0 Å². The standard InChI is InChI=1S/C18H19N3O2/c1-12-6-7-19-11-15(12)9-17-20-18(23-21-17)10-14-4-5-16(22-3)8-13(14)2/h4-8,11H,9-10H2,1-3H3. The Kier molecular flexibility index (Phi) is 4.37. The molecular formula is C18H19N3O2. The molecule has 0 aliphatic rings. The molecule has 3 rings (SSSR count). The van der Waals surface area contributed by atoms with Gasteiger partial charge in [-0.15, -0.1) is 0 Å². The molecule has 2 heterocycles. The number of rotatable bonds is 5. The van der Waals surface area contributed by atoms with Crippen molar-refractivity contribution in [1.82, 2.24) is 15.1 Å². The molecule has 2 aromatic heterocycles. The summed E-state index contributed by atoms with van der Waals surface area (Å²) < 4.78 is 10.6. The quantitative estimate of drug-likeness (QED) is 0.724. The van der Waals surface area contributed by atoms with E-state index in [4.69, 9.17) is 9.26 Å². The Balaban J connectivity index is 1.74. The van der Waals surface area contributed by atoms with Gasteiger partial charge in [0, 0.05) is 18.8 Å². The smallest absolute Gasteiger partial charge is 0.231 e. The van der Waals surface area contributed by atoms with Gasteiger partial charge in [0.2, 0.25) is 5.89 Å². The Morgan fingerprint density at radius 1 is 1.04 bits per heavy atom. The fourth-order valence-corrected chi connectivity index (χ4v) is 2.44. The lowest BCUT2D eigenvalue weighted by atomic mass is 10.1. The van der Waals surface area contributed by atoms with Crippen molar-refractivity contribution in [3.63, 3.8) is 0 Å². The van der Waals surface area contributed by atoms with E-state index in [2.05, 4.69) is 22.0 Å². The van der Waals surface area contributed by atoms with Gasteiger partial charge in [-0.05, 0) is 54.3 Å². The zero-order valence-electron chi connectivity index (χ0n) is 13.5. The van der Waals surface area contributed by atoms with Gasteiger partial charge in [0.05, 0.1) is 13.5 Å². The lowest BCUT2D eigenvalue weighted by Crippen LogP contribution is -1.96. The minimum absolute atomic E-state index is 0.620. The number of ether oxygens (including phenoxy) is 1. The fraction of sp³-hybridized carbons (Fsp3) is 0.278. The lowest BCUT2D eigenvalue weighted by molar-refractivity contribution is 0.380. The Labute approximate surface area is 135 Å². The van der Waals surface area contributed by atoms with Crippen molar-refractivity contribution >= 4 is 0 Å². The minimum atomic E-state index is 0.620. The van der Waals surface area contributed by atoms with Crippen LogP contribution < -0.4 is 4.74 Å². The highest BCUT2D eigenvalue weighted by Gasteiger charge is 2.11. The Morgan fingerprint density at radius 2 is 1.91 bits per heavy atom. The second-order valence-corrected chi connectivity index (χ2v) is 5.55. The molecule has 0 unspecified atom stereocenters. The van der Waals surface area contributed by atoms with Gasteiger partial charge in [0.1, 0.15) is 5.75 Å². The first kappa shape index (κ1) is 15.2. The summed E-state index contributed by atoms with van der Waals surface area (Å²) in [5, 5.41) is 4.07. The molecule has 0 saturated heterocycles. The molecule has 0 N–H and O–H groups in total. The van der Waals surface area contributed by atoms with Crippen LogP contribution in [0.1, 0.15) is 34.0 Å².